The van der Waals surface area contributed by atoms with Crippen LogP contribution in [0, 0.1) is 0 Å². The van der Waals surface area contributed by atoms with Crippen molar-refractivity contribution < 1.29 is 9.53 Å². The molecule has 3 heterocycles. The molecule has 2 saturated heterocycles. The lowest BCUT2D eigenvalue weighted by molar-refractivity contribution is -0.0872. The molecule has 7 nitrogen and oxygen atoms in total. The average Bonchev–Trinajstić information content (AvgIpc) is 2.95. The van der Waals surface area contributed by atoms with Crippen LogP contribution in [-0.4, -0.2) is 75.9 Å². The first kappa shape index (κ1) is 15.4. The van der Waals surface area contributed by atoms with Crippen LogP contribution < -0.4 is 0 Å². The summed E-state index contributed by atoms with van der Waals surface area (Å²) in [4.78, 5) is 21.2. The maximum atomic E-state index is 12.8. The zero-order chi connectivity index (χ0) is 15.9. The first-order chi connectivity index (χ1) is 10.4. The average molecular weight is 307 g/mol. The van der Waals surface area contributed by atoms with E-state index in [9.17, 15) is 4.79 Å². The highest BCUT2D eigenvalue weighted by Crippen LogP contribution is 2.23. The van der Waals surface area contributed by atoms with E-state index in [1.165, 1.54) is 0 Å². The van der Waals surface area contributed by atoms with Crippen molar-refractivity contribution in [3.05, 3.63) is 12.2 Å². The quantitative estimate of drug-likeness (QED) is 0.759. The third-order valence-electron chi connectivity index (χ3n) is 4.42. The summed E-state index contributed by atoms with van der Waals surface area (Å²) in [6.45, 7) is 9.18. The van der Waals surface area contributed by atoms with Crippen LogP contribution in [0.4, 0.5) is 0 Å². The molecule has 1 amide bonds. The van der Waals surface area contributed by atoms with Crippen molar-refractivity contribution in [2.24, 2.45) is 0 Å². The van der Waals surface area contributed by atoms with Gasteiger partial charge in [-0.3, -0.25) is 4.79 Å². The summed E-state index contributed by atoms with van der Waals surface area (Å²) in [7, 11) is 2.08. The fraction of sp³-hybridized carbons (Fsp3) is 0.800. The monoisotopic (exact) mass is 307 g/mol. The number of likely N-dealkylation sites (tertiary alicyclic amines) is 1. The van der Waals surface area contributed by atoms with E-state index >= 15 is 0 Å². The summed E-state index contributed by atoms with van der Waals surface area (Å²) in [5, 5.41) is 4.37. The van der Waals surface area contributed by atoms with Crippen molar-refractivity contribution in [3.63, 3.8) is 0 Å². The lowest BCUT2D eigenvalue weighted by atomic mass is 9.99. The molecule has 2 aliphatic rings. The van der Waals surface area contributed by atoms with Crippen molar-refractivity contribution in [2.75, 3.05) is 33.3 Å². The highest BCUT2D eigenvalue weighted by atomic mass is 16.5. The normalized spacial score (nSPS) is 26.8. The number of morpholine rings is 1. The lowest BCUT2D eigenvalue weighted by Gasteiger charge is -2.45. The first-order valence-electron chi connectivity index (χ1n) is 7.89. The Hall–Kier alpha value is -1.47. The van der Waals surface area contributed by atoms with E-state index < -0.39 is 0 Å². The second-order valence-electron chi connectivity index (χ2n) is 7.21. The molecule has 1 aromatic rings. The molecule has 0 aliphatic carbocycles. The fourth-order valence-corrected chi connectivity index (χ4v) is 3.09. The number of hydrogen-bond donors (Lipinski definition) is 0. The smallest absolute Gasteiger partial charge is 0.293 e. The van der Waals surface area contributed by atoms with Gasteiger partial charge in [0.25, 0.3) is 5.91 Å². The van der Waals surface area contributed by atoms with E-state index in [1.54, 1.807) is 11.0 Å². The molecule has 2 fully saturated rings. The minimum atomic E-state index is -0.176. The summed E-state index contributed by atoms with van der Waals surface area (Å²) in [5.41, 5.74) is -0.176. The van der Waals surface area contributed by atoms with Crippen molar-refractivity contribution in [3.8, 4) is 0 Å². The summed E-state index contributed by atoms with van der Waals surface area (Å²) in [6, 6.07) is 0.0987. The van der Waals surface area contributed by atoms with Gasteiger partial charge in [0.05, 0.1) is 24.3 Å². The van der Waals surface area contributed by atoms with E-state index in [-0.39, 0.29) is 29.4 Å². The second kappa shape index (κ2) is 5.62. The Morgan fingerprint density at radius 1 is 1.36 bits per heavy atom. The third kappa shape index (κ3) is 2.87. The largest absolute Gasteiger partial charge is 0.374 e. The SMILES string of the molecule is CN1CC[C@H]2OCCN(C(=O)c3ncn(C(C)(C)C)n3)[C@@H]2C1. The van der Waals surface area contributed by atoms with Gasteiger partial charge in [-0.05, 0) is 34.2 Å². The molecule has 3 rings (SSSR count). The number of amides is 1. The van der Waals surface area contributed by atoms with Gasteiger partial charge in [-0.1, -0.05) is 0 Å². The van der Waals surface area contributed by atoms with E-state index in [2.05, 4.69) is 22.0 Å². The van der Waals surface area contributed by atoms with E-state index in [0.717, 1.165) is 19.5 Å². The van der Waals surface area contributed by atoms with Crippen LogP contribution in [0.1, 0.15) is 37.8 Å². The zero-order valence-electron chi connectivity index (χ0n) is 13.8. The number of aromatic nitrogens is 3. The number of likely N-dealkylation sites (N-methyl/N-ethyl adjacent to an activating group) is 1. The Labute approximate surface area is 131 Å². The molecule has 0 saturated carbocycles. The number of carbonyl (C=O) groups excluding carboxylic acids is 1. The molecule has 0 unspecified atom stereocenters. The number of nitrogens with zero attached hydrogens (tertiary/aromatic N) is 5. The van der Waals surface area contributed by atoms with Crippen LogP contribution in [0.25, 0.3) is 0 Å². The van der Waals surface area contributed by atoms with E-state index in [1.807, 2.05) is 25.7 Å². The van der Waals surface area contributed by atoms with Gasteiger partial charge in [-0.15, -0.1) is 5.10 Å². The number of hydrogen-bond acceptors (Lipinski definition) is 5. The third-order valence-corrected chi connectivity index (χ3v) is 4.42. The summed E-state index contributed by atoms with van der Waals surface area (Å²) >= 11 is 0. The Morgan fingerprint density at radius 3 is 2.82 bits per heavy atom. The van der Waals surface area contributed by atoms with Crippen molar-refractivity contribution >= 4 is 5.91 Å². The molecule has 0 spiro atoms. The van der Waals surface area contributed by atoms with Crippen molar-refractivity contribution in [1.29, 1.82) is 0 Å². The molecule has 22 heavy (non-hydrogen) atoms. The molecule has 2 aliphatic heterocycles. The molecular formula is C15H25N5O2. The molecule has 7 heteroatoms. The summed E-state index contributed by atoms with van der Waals surface area (Å²) in [5.74, 6) is 0.195. The summed E-state index contributed by atoms with van der Waals surface area (Å²) in [6.07, 6.45) is 2.74. The summed E-state index contributed by atoms with van der Waals surface area (Å²) < 4.78 is 7.58. The number of rotatable bonds is 1. The van der Waals surface area contributed by atoms with E-state index in [4.69, 9.17) is 4.74 Å². The van der Waals surface area contributed by atoms with Gasteiger partial charge >= 0.3 is 0 Å². The topological polar surface area (TPSA) is 63.5 Å². The molecule has 0 aromatic carbocycles. The van der Waals surface area contributed by atoms with Crippen LogP contribution in [-0.2, 0) is 10.3 Å². The highest BCUT2D eigenvalue weighted by molar-refractivity contribution is 5.90. The molecule has 2 atom stereocenters. The molecule has 0 N–H and O–H groups in total. The zero-order valence-corrected chi connectivity index (χ0v) is 13.8. The second-order valence-corrected chi connectivity index (χ2v) is 7.21. The molecule has 1 aromatic heterocycles. The lowest BCUT2D eigenvalue weighted by Crippen LogP contribution is -2.60. The van der Waals surface area contributed by atoms with Crippen molar-refractivity contribution in [1.82, 2.24) is 24.6 Å². The number of piperidine rings is 1. The molecule has 0 bridgehead atoms. The predicted molar refractivity (Wildman–Crippen MR) is 81.7 cm³/mol. The fourth-order valence-electron chi connectivity index (χ4n) is 3.09. The van der Waals surface area contributed by atoms with Gasteiger partial charge in [0.2, 0.25) is 5.82 Å². The Balaban J connectivity index is 1.80. The molecular weight excluding hydrogens is 282 g/mol. The number of fused-ring (bicyclic) bond motifs is 1. The number of carbonyl (C=O) groups is 1. The molecule has 122 valence electrons. The van der Waals surface area contributed by atoms with Crippen LogP contribution >= 0.6 is 0 Å². The van der Waals surface area contributed by atoms with Crippen LogP contribution in [0.15, 0.2) is 6.33 Å². The van der Waals surface area contributed by atoms with Crippen molar-refractivity contribution in [2.45, 2.75) is 44.9 Å². The number of ether oxygens (including phenoxy) is 1. The standard InChI is InChI=1S/C15H25N5O2/c1-15(2,3)20-10-16-13(17-20)14(21)19-7-8-22-12-5-6-18(4)9-11(12)19/h10-12H,5-9H2,1-4H3/t11-,12-/m1/s1. The van der Waals surface area contributed by atoms with Gasteiger partial charge < -0.3 is 14.5 Å². The van der Waals surface area contributed by atoms with E-state index in [0.29, 0.717) is 13.2 Å². The van der Waals surface area contributed by atoms with Gasteiger partial charge in [0.1, 0.15) is 6.33 Å². The Morgan fingerprint density at radius 2 is 2.14 bits per heavy atom. The van der Waals surface area contributed by atoms with Gasteiger partial charge in [-0.25, -0.2) is 9.67 Å². The van der Waals surface area contributed by atoms with Crippen LogP contribution in [0.2, 0.25) is 0 Å². The minimum absolute atomic E-state index is 0.0865. The predicted octanol–water partition coefficient (Wildman–Crippen LogP) is 0.578. The minimum Gasteiger partial charge on any atom is -0.374 e. The Kier molecular flexibility index (Phi) is 3.94. The van der Waals surface area contributed by atoms with Gasteiger partial charge in [-0.2, -0.15) is 0 Å². The molecule has 0 radical (unpaired) electrons. The highest BCUT2D eigenvalue weighted by Gasteiger charge is 2.39. The first-order valence-corrected chi connectivity index (χ1v) is 7.89. The van der Waals surface area contributed by atoms with Crippen LogP contribution in [0.5, 0.6) is 0 Å². The van der Waals surface area contributed by atoms with Gasteiger partial charge in [0.15, 0.2) is 0 Å². The maximum absolute atomic E-state index is 12.8. The van der Waals surface area contributed by atoms with Crippen LogP contribution in [0.3, 0.4) is 0 Å². The maximum Gasteiger partial charge on any atom is 0.293 e. The Bertz CT molecular complexity index is 550. The van der Waals surface area contributed by atoms with Gasteiger partial charge in [0, 0.05) is 19.6 Å².